The molecule has 1 aromatic rings. The first kappa shape index (κ1) is 20.1. The van der Waals surface area contributed by atoms with Gasteiger partial charge in [0.05, 0.1) is 19.8 Å². The number of amides is 2. The third-order valence-electron chi connectivity index (χ3n) is 3.36. The van der Waals surface area contributed by atoms with E-state index in [1.165, 1.54) is 6.26 Å². The highest BCUT2D eigenvalue weighted by Gasteiger charge is 2.18. The van der Waals surface area contributed by atoms with Gasteiger partial charge in [0, 0.05) is 33.7 Å². The van der Waals surface area contributed by atoms with Gasteiger partial charge in [0.25, 0.3) is 5.91 Å². The molecule has 0 atom stereocenters. The van der Waals surface area contributed by atoms with Crippen molar-refractivity contribution in [2.45, 2.75) is 32.7 Å². The van der Waals surface area contributed by atoms with Gasteiger partial charge in [-0.2, -0.15) is 0 Å². The number of rotatable bonds is 12. The second-order valence-corrected chi connectivity index (χ2v) is 5.29. The lowest BCUT2D eigenvalue weighted by Gasteiger charge is -2.20. The van der Waals surface area contributed by atoms with Crippen LogP contribution in [0, 0.1) is 0 Å². The van der Waals surface area contributed by atoms with E-state index in [0.29, 0.717) is 38.6 Å². The monoisotopic (exact) mass is 341 g/mol. The fourth-order valence-corrected chi connectivity index (χ4v) is 1.99. The van der Waals surface area contributed by atoms with Gasteiger partial charge >= 0.3 is 0 Å². The van der Waals surface area contributed by atoms with E-state index in [4.69, 9.17) is 13.9 Å². The molecule has 1 heterocycles. The molecule has 0 radical (unpaired) electrons. The van der Waals surface area contributed by atoms with Crippen LogP contribution in [0.15, 0.2) is 10.7 Å². The molecular weight excluding hydrogens is 314 g/mol. The number of hydrogen-bond donors (Lipinski definition) is 1. The Labute approximate surface area is 142 Å². The molecule has 0 aliphatic carbocycles. The number of carbonyl (C=O) groups excluding carboxylic acids is 2. The molecule has 0 fully saturated rings. The summed E-state index contributed by atoms with van der Waals surface area (Å²) in [6.07, 6.45) is 3.56. The predicted octanol–water partition coefficient (Wildman–Crippen LogP) is 1.22. The summed E-state index contributed by atoms with van der Waals surface area (Å²) >= 11 is 0. The van der Waals surface area contributed by atoms with Gasteiger partial charge in [-0.25, -0.2) is 4.98 Å². The van der Waals surface area contributed by atoms with Crippen molar-refractivity contribution in [2.75, 3.05) is 40.5 Å². The van der Waals surface area contributed by atoms with E-state index in [1.807, 2.05) is 6.92 Å². The molecule has 1 aromatic heterocycles. The molecule has 0 spiro atoms. The molecule has 0 bridgehead atoms. The Morgan fingerprint density at radius 2 is 2.04 bits per heavy atom. The van der Waals surface area contributed by atoms with E-state index >= 15 is 0 Å². The zero-order valence-corrected chi connectivity index (χ0v) is 14.7. The van der Waals surface area contributed by atoms with Gasteiger partial charge < -0.3 is 24.1 Å². The fraction of sp³-hybridized carbons (Fsp3) is 0.688. The van der Waals surface area contributed by atoms with E-state index in [0.717, 1.165) is 12.8 Å². The van der Waals surface area contributed by atoms with Gasteiger partial charge in [-0.3, -0.25) is 9.59 Å². The summed E-state index contributed by atoms with van der Waals surface area (Å²) in [6.45, 7) is 3.96. The second kappa shape index (κ2) is 11.6. The van der Waals surface area contributed by atoms with Crippen LogP contribution in [0.3, 0.4) is 0 Å². The van der Waals surface area contributed by atoms with Crippen molar-refractivity contribution >= 4 is 11.8 Å². The molecule has 0 aliphatic rings. The maximum absolute atomic E-state index is 12.2. The van der Waals surface area contributed by atoms with E-state index in [1.54, 1.807) is 19.1 Å². The smallest absolute Gasteiger partial charge is 0.273 e. The molecule has 0 aliphatic heterocycles. The molecule has 136 valence electrons. The summed E-state index contributed by atoms with van der Waals surface area (Å²) in [5, 5.41) is 2.66. The standard InChI is InChI=1S/C16H27N3O5/c1-4-5-6-15(20)19(8-10-23-3)11-14-18-13(12-24-14)16(21)17-7-9-22-2/h12H,4-11H2,1-3H3,(H,17,21). The minimum absolute atomic E-state index is 0.0261. The summed E-state index contributed by atoms with van der Waals surface area (Å²) in [5.74, 6) is 0.0221. The quantitative estimate of drug-likeness (QED) is 0.575. The van der Waals surface area contributed by atoms with Crippen molar-refractivity contribution in [3.8, 4) is 0 Å². The lowest BCUT2D eigenvalue weighted by atomic mass is 10.2. The number of nitrogens with zero attached hydrogens (tertiary/aromatic N) is 2. The Bertz CT molecular complexity index is 504. The maximum Gasteiger partial charge on any atom is 0.273 e. The highest BCUT2D eigenvalue weighted by atomic mass is 16.5. The van der Waals surface area contributed by atoms with E-state index in [2.05, 4.69) is 10.3 Å². The summed E-state index contributed by atoms with van der Waals surface area (Å²) < 4.78 is 15.2. The summed E-state index contributed by atoms with van der Waals surface area (Å²) in [6, 6.07) is 0. The van der Waals surface area contributed by atoms with Gasteiger partial charge in [0.15, 0.2) is 5.69 Å². The topological polar surface area (TPSA) is 93.9 Å². The van der Waals surface area contributed by atoms with E-state index in [-0.39, 0.29) is 24.1 Å². The summed E-state index contributed by atoms with van der Waals surface area (Å²) in [7, 11) is 3.15. The van der Waals surface area contributed by atoms with Crippen molar-refractivity contribution < 1.29 is 23.5 Å². The van der Waals surface area contributed by atoms with Crippen molar-refractivity contribution in [3.63, 3.8) is 0 Å². The number of oxazole rings is 1. The third kappa shape index (κ3) is 7.10. The molecular formula is C16H27N3O5. The molecule has 1 N–H and O–H groups in total. The van der Waals surface area contributed by atoms with Gasteiger partial charge in [0.1, 0.15) is 6.26 Å². The first-order valence-corrected chi connectivity index (χ1v) is 8.10. The zero-order chi connectivity index (χ0) is 17.8. The molecule has 8 nitrogen and oxygen atoms in total. The fourth-order valence-electron chi connectivity index (χ4n) is 1.99. The summed E-state index contributed by atoms with van der Waals surface area (Å²) in [4.78, 5) is 29.9. The Kier molecular flexibility index (Phi) is 9.71. The van der Waals surface area contributed by atoms with Crippen molar-refractivity contribution in [2.24, 2.45) is 0 Å². The minimum atomic E-state index is -0.331. The molecule has 0 aromatic carbocycles. The van der Waals surface area contributed by atoms with Crippen LogP contribution in [0.4, 0.5) is 0 Å². The van der Waals surface area contributed by atoms with Crippen LogP contribution in [0.25, 0.3) is 0 Å². The predicted molar refractivity (Wildman–Crippen MR) is 87.5 cm³/mol. The molecule has 2 amide bonds. The molecule has 0 saturated heterocycles. The van der Waals surface area contributed by atoms with Crippen molar-refractivity contribution in [1.82, 2.24) is 15.2 Å². The highest BCUT2D eigenvalue weighted by Crippen LogP contribution is 2.09. The zero-order valence-electron chi connectivity index (χ0n) is 14.7. The van der Waals surface area contributed by atoms with Crippen molar-refractivity contribution in [3.05, 3.63) is 17.8 Å². The lowest BCUT2D eigenvalue weighted by Crippen LogP contribution is -2.33. The van der Waals surface area contributed by atoms with Crippen LogP contribution in [0.1, 0.15) is 42.6 Å². The SMILES string of the molecule is CCCCC(=O)N(CCOC)Cc1nc(C(=O)NCCOC)co1. The number of nitrogens with one attached hydrogen (secondary N) is 1. The Morgan fingerprint density at radius 3 is 2.71 bits per heavy atom. The number of aromatic nitrogens is 1. The first-order chi connectivity index (χ1) is 11.6. The average molecular weight is 341 g/mol. The van der Waals surface area contributed by atoms with Crippen LogP contribution < -0.4 is 5.32 Å². The molecule has 24 heavy (non-hydrogen) atoms. The lowest BCUT2D eigenvalue weighted by molar-refractivity contribution is -0.132. The van der Waals surface area contributed by atoms with Gasteiger partial charge in [0.2, 0.25) is 11.8 Å². The number of hydrogen-bond acceptors (Lipinski definition) is 6. The molecule has 1 rings (SSSR count). The molecule has 8 heteroatoms. The maximum atomic E-state index is 12.2. The highest BCUT2D eigenvalue weighted by molar-refractivity contribution is 5.91. The van der Waals surface area contributed by atoms with Gasteiger partial charge in [-0.15, -0.1) is 0 Å². The molecule has 0 unspecified atom stereocenters. The van der Waals surface area contributed by atoms with Crippen LogP contribution >= 0.6 is 0 Å². The van der Waals surface area contributed by atoms with Crippen LogP contribution in [-0.2, 0) is 20.8 Å². The summed E-state index contributed by atoms with van der Waals surface area (Å²) in [5.41, 5.74) is 0.189. The van der Waals surface area contributed by atoms with Gasteiger partial charge in [-0.05, 0) is 6.42 Å². The number of unbranched alkanes of at least 4 members (excludes halogenated alkanes) is 1. The normalized spacial score (nSPS) is 10.6. The molecule has 0 saturated carbocycles. The van der Waals surface area contributed by atoms with Crippen LogP contribution in [0.2, 0.25) is 0 Å². The second-order valence-electron chi connectivity index (χ2n) is 5.29. The van der Waals surface area contributed by atoms with Crippen LogP contribution in [-0.4, -0.2) is 62.2 Å². The first-order valence-electron chi connectivity index (χ1n) is 8.10. The Hall–Kier alpha value is -1.93. The van der Waals surface area contributed by atoms with E-state index < -0.39 is 0 Å². The third-order valence-corrected chi connectivity index (χ3v) is 3.36. The average Bonchev–Trinajstić information content (AvgIpc) is 3.05. The van der Waals surface area contributed by atoms with Crippen molar-refractivity contribution in [1.29, 1.82) is 0 Å². The van der Waals surface area contributed by atoms with Crippen LogP contribution in [0.5, 0.6) is 0 Å². The Morgan fingerprint density at radius 1 is 1.29 bits per heavy atom. The largest absolute Gasteiger partial charge is 0.446 e. The minimum Gasteiger partial charge on any atom is -0.446 e. The number of ether oxygens (including phenoxy) is 2. The van der Waals surface area contributed by atoms with E-state index in [9.17, 15) is 9.59 Å². The van der Waals surface area contributed by atoms with Gasteiger partial charge in [-0.1, -0.05) is 13.3 Å². The number of carbonyl (C=O) groups is 2. The Balaban J connectivity index is 2.62. The number of methoxy groups -OCH3 is 2.